The summed E-state index contributed by atoms with van der Waals surface area (Å²) in [5.74, 6) is -0.322. The van der Waals surface area contributed by atoms with Crippen LogP contribution in [-0.2, 0) is 4.79 Å². The Morgan fingerprint density at radius 1 is 1.40 bits per heavy atom. The predicted octanol–water partition coefficient (Wildman–Crippen LogP) is 3.63. The van der Waals surface area contributed by atoms with Crippen molar-refractivity contribution in [3.05, 3.63) is 27.6 Å². The van der Waals surface area contributed by atoms with E-state index in [1.807, 2.05) is 29.5 Å². The fourth-order valence-electron chi connectivity index (χ4n) is 2.94. The van der Waals surface area contributed by atoms with Crippen LogP contribution in [0.15, 0.2) is 18.2 Å². The molecule has 0 saturated carbocycles. The van der Waals surface area contributed by atoms with Gasteiger partial charge in [-0.15, -0.1) is 0 Å². The molecule has 1 amide bonds. The van der Waals surface area contributed by atoms with Crippen molar-refractivity contribution >= 4 is 34.2 Å². The van der Waals surface area contributed by atoms with Crippen molar-refractivity contribution in [3.63, 3.8) is 0 Å². The third-order valence-electron chi connectivity index (χ3n) is 4.04. The third kappa shape index (κ3) is 3.31. The summed E-state index contributed by atoms with van der Waals surface area (Å²) in [5, 5.41) is 2.90. The molecular weight excluding hydrogens is 370 g/mol. The molecule has 3 unspecified atom stereocenters. The van der Waals surface area contributed by atoms with Crippen LogP contribution in [0.2, 0.25) is 0 Å². The number of rotatable bonds is 3. The van der Waals surface area contributed by atoms with Crippen LogP contribution in [0.25, 0.3) is 0 Å². The molecule has 1 aromatic rings. The van der Waals surface area contributed by atoms with Crippen molar-refractivity contribution < 1.29 is 9.18 Å². The SMILES string of the molecule is CC1CCC(C)N1C(C)C(=O)Nc1ccc(F)cc1I. The van der Waals surface area contributed by atoms with E-state index in [2.05, 4.69) is 24.1 Å². The van der Waals surface area contributed by atoms with Crippen molar-refractivity contribution in [1.82, 2.24) is 4.90 Å². The second kappa shape index (κ2) is 6.39. The smallest absolute Gasteiger partial charge is 0.241 e. The molecule has 1 N–H and O–H groups in total. The molecule has 1 aromatic carbocycles. The van der Waals surface area contributed by atoms with Gasteiger partial charge in [0.1, 0.15) is 5.82 Å². The van der Waals surface area contributed by atoms with Crippen LogP contribution < -0.4 is 5.32 Å². The molecule has 20 heavy (non-hydrogen) atoms. The standard InChI is InChI=1S/C15H20FIN2O/c1-9-4-5-10(2)19(9)11(3)15(20)18-14-7-6-12(16)8-13(14)17/h6-11H,4-5H2,1-3H3,(H,18,20). The first-order chi connectivity index (χ1) is 9.40. The molecule has 2 rings (SSSR count). The highest BCUT2D eigenvalue weighted by atomic mass is 127. The molecule has 0 radical (unpaired) electrons. The van der Waals surface area contributed by atoms with Crippen LogP contribution in [0.4, 0.5) is 10.1 Å². The molecule has 1 saturated heterocycles. The molecule has 3 nitrogen and oxygen atoms in total. The van der Waals surface area contributed by atoms with Crippen molar-refractivity contribution in [1.29, 1.82) is 0 Å². The number of nitrogens with one attached hydrogen (secondary N) is 1. The predicted molar refractivity (Wildman–Crippen MR) is 87.2 cm³/mol. The number of carbonyl (C=O) groups is 1. The Morgan fingerprint density at radius 2 is 2.00 bits per heavy atom. The first-order valence-corrected chi connectivity index (χ1v) is 8.01. The van der Waals surface area contributed by atoms with Crippen LogP contribution in [0.3, 0.4) is 0 Å². The third-order valence-corrected chi connectivity index (χ3v) is 4.93. The average Bonchev–Trinajstić information content (AvgIpc) is 2.71. The number of halogens is 2. The van der Waals surface area contributed by atoms with Crippen LogP contribution in [0, 0.1) is 9.39 Å². The van der Waals surface area contributed by atoms with E-state index in [1.54, 1.807) is 6.07 Å². The monoisotopic (exact) mass is 390 g/mol. The van der Waals surface area contributed by atoms with Gasteiger partial charge in [0.05, 0.1) is 11.7 Å². The summed E-state index contributed by atoms with van der Waals surface area (Å²) in [6.45, 7) is 6.26. The van der Waals surface area contributed by atoms with Gasteiger partial charge in [0.2, 0.25) is 5.91 Å². The Balaban J connectivity index is 2.07. The number of hydrogen-bond acceptors (Lipinski definition) is 2. The second-order valence-electron chi connectivity index (χ2n) is 5.51. The zero-order valence-corrected chi connectivity index (χ0v) is 14.1. The van der Waals surface area contributed by atoms with E-state index in [-0.39, 0.29) is 17.8 Å². The second-order valence-corrected chi connectivity index (χ2v) is 6.67. The molecule has 1 heterocycles. The number of amides is 1. The number of likely N-dealkylation sites (tertiary alicyclic amines) is 1. The van der Waals surface area contributed by atoms with Gasteiger partial charge in [0.25, 0.3) is 0 Å². The topological polar surface area (TPSA) is 32.3 Å². The van der Waals surface area contributed by atoms with E-state index in [9.17, 15) is 9.18 Å². The fourth-order valence-corrected chi connectivity index (χ4v) is 3.55. The van der Waals surface area contributed by atoms with Crippen molar-refractivity contribution in [3.8, 4) is 0 Å². The lowest BCUT2D eigenvalue weighted by Crippen LogP contribution is -2.46. The summed E-state index contributed by atoms with van der Waals surface area (Å²) >= 11 is 2.03. The average molecular weight is 390 g/mol. The lowest BCUT2D eigenvalue weighted by Gasteiger charge is -2.31. The Morgan fingerprint density at radius 3 is 2.55 bits per heavy atom. The number of benzene rings is 1. The van der Waals surface area contributed by atoms with E-state index < -0.39 is 0 Å². The lowest BCUT2D eigenvalue weighted by atomic mass is 10.2. The number of nitrogens with zero attached hydrogens (tertiary/aromatic N) is 1. The minimum Gasteiger partial charge on any atom is -0.324 e. The Kier molecular flexibility index (Phi) is 5.01. The first kappa shape index (κ1) is 15.7. The van der Waals surface area contributed by atoms with Gasteiger partial charge in [0, 0.05) is 15.7 Å². The van der Waals surface area contributed by atoms with Crippen LogP contribution in [0.5, 0.6) is 0 Å². The number of hydrogen-bond donors (Lipinski definition) is 1. The van der Waals surface area contributed by atoms with Crippen molar-refractivity contribution in [2.24, 2.45) is 0 Å². The molecule has 110 valence electrons. The Hall–Kier alpha value is -0.690. The summed E-state index contributed by atoms with van der Waals surface area (Å²) in [4.78, 5) is 14.6. The molecule has 1 aliphatic heterocycles. The van der Waals surface area contributed by atoms with Crippen molar-refractivity contribution in [2.45, 2.75) is 51.7 Å². The fraction of sp³-hybridized carbons (Fsp3) is 0.533. The quantitative estimate of drug-likeness (QED) is 0.800. The maximum atomic E-state index is 13.1. The Bertz CT molecular complexity index is 499. The van der Waals surface area contributed by atoms with Gasteiger partial charge in [-0.25, -0.2) is 4.39 Å². The maximum Gasteiger partial charge on any atom is 0.241 e. The van der Waals surface area contributed by atoms with Gasteiger partial charge >= 0.3 is 0 Å². The van der Waals surface area contributed by atoms with Crippen molar-refractivity contribution in [2.75, 3.05) is 5.32 Å². The van der Waals surface area contributed by atoms with Gasteiger partial charge in [-0.2, -0.15) is 0 Å². The minimum absolute atomic E-state index is 0.0323. The van der Waals surface area contributed by atoms with Crippen LogP contribution in [-0.4, -0.2) is 28.9 Å². The molecule has 1 aliphatic rings. The van der Waals surface area contributed by atoms with Gasteiger partial charge in [0.15, 0.2) is 0 Å². The van der Waals surface area contributed by atoms with Gasteiger partial charge in [-0.05, 0) is 74.4 Å². The number of anilines is 1. The molecule has 0 aromatic heterocycles. The van der Waals surface area contributed by atoms with Gasteiger partial charge < -0.3 is 5.32 Å². The summed E-state index contributed by atoms with van der Waals surface area (Å²) in [6.07, 6.45) is 2.26. The highest BCUT2D eigenvalue weighted by Gasteiger charge is 2.34. The van der Waals surface area contributed by atoms with E-state index in [1.165, 1.54) is 12.1 Å². The normalized spacial score (nSPS) is 24.6. The largest absolute Gasteiger partial charge is 0.324 e. The van der Waals surface area contributed by atoms with Crippen LogP contribution in [0.1, 0.15) is 33.6 Å². The van der Waals surface area contributed by atoms with Gasteiger partial charge in [-0.3, -0.25) is 9.69 Å². The van der Waals surface area contributed by atoms with E-state index in [4.69, 9.17) is 0 Å². The summed E-state index contributed by atoms with van der Waals surface area (Å²) in [7, 11) is 0. The van der Waals surface area contributed by atoms with E-state index >= 15 is 0 Å². The zero-order chi connectivity index (χ0) is 14.9. The lowest BCUT2D eigenvalue weighted by molar-refractivity contribution is -0.121. The molecule has 0 spiro atoms. The summed E-state index contributed by atoms with van der Waals surface area (Å²) in [5.41, 5.74) is 0.670. The summed E-state index contributed by atoms with van der Waals surface area (Å²) < 4.78 is 13.8. The van der Waals surface area contributed by atoms with E-state index in [0.29, 0.717) is 21.3 Å². The highest BCUT2D eigenvalue weighted by Crippen LogP contribution is 2.27. The molecule has 1 fully saturated rings. The van der Waals surface area contributed by atoms with Gasteiger partial charge in [-0.1, -0.05) is 0 Å². The van der Waals surface area contributed by atoms with E-state index in [0.717, 1.165) is 12.8 Å². The number of carbonyl (C=O) groups excluding carboxylic acids is 1. The minimum atomic E-state index is -0.290. The highest BCUT2D eigenvalue weighted by molar-refractivity contribution is 14.1. The maximum absolute atomic E-state index is 13.1. The zero-order valence-electron chi connectivity index (χ0n) is 12.0. The molecule has 5 heteroatoms. The van der Waals surface area contributed by atoms with Crippen LogP contribution >= 0.6 is 22.6 Å². The first-order valence-electron chi connectivity index (χ1n) is 6.93. The Labute approximate surface area is 133 Å². The molecule has 0 aliphatic carbocycles. The molecular formula is C15H20FIN2O. The molecule has 0 bridgehead atoms. The molecule has 3 atom stereocenters. The summed E-state index contributed by atoms with van der Waals surface area (Å²) in [6, 6.07) is 5.07.